The molecule has 0 rings (SSSR count). The lowest BCUT2D eigenvalue weighted by Gasteiger charge is -2.05. The zero-order valence-corrected chi connectivity index (χ0v) is 9.62. The summed E-state index contributed by atoms with van der Waals surface area (Å²) >= 11 is 0. The largest absolute Gasteiger partial charge is 0.491 e. The second-order valence-electron chi connectivity index (χ2n) is 2.84. The molecule has 0 spiro atoms. The molecular weight excluding hydrogens is 249 g/mol. The Morgan fingerprint density at radius 3 is 2.40 bits per heavy atom. The van der Waals surface area contributed by atoms with Gasteiger partial charge in [0.2, 0.25) is 5.91 Å². The molecule has 0 aromatic carbocycles. The molecule has 0 radical (unpaired) electrons. The Labute approximate surface area is 86.7 Å². The van der Waals surface area contributed by atoms with Crippen LogP contribution >= 0.6 is 7.82 Å². The van der Waals surface area contributed by atoms with E-state index in [-0.39, 0.29) is 18.6 Å². The molecule has 0 heterocycles. The average molecular weight is 261 g/mol. The number of rotatable bonds is 6. The maximum atomic E-state index is 10.8. The van der Waals surface area contributed by atoms with E-state index in [0.717, 1.165) is 6.26 Å². The van der Waals surface area contributed by atoms with Gasteiger partial charge >= 0.3 is 7.82 Å². The van der Waals surface area contributed by atoms with E-state index in [2.05, 4.69) is 4.62 Å². The molecule has 0 bridgehead atoms. The van der Waals surface area contributed by atoms with Crippen molar-refractivity contribution in [1.29, 1.82) is 0 Å². The number of hydrogen-bond donors (Lipinski definition) is 3. The molecule has 90 valence electrons. The minimum Gasteiger partial charge on any atom is -0.301 e. The molecule has 0 saturated heterocycles. The normalized spacial score (nSPS) is 12.5. The fourth-order valence-electron chi connectivity index (χ4n) is 0.656. The van der Waals surface area contributed by atoms with Crippen LogP contribution in [0.5, 0.6) is 0 Å². The van der Waals surface area contributed by atoms with Gasteiger partial charge in [-0.3, -0.25) is 4.79 Å². The van der Waals surface area contributed by atoms with E-state index >= 15 is 0 Å². The van der Waals surface area contributed by atoms with Gasteiger partial charge in [0.1, 0.15) is 9.84 Å². The van der Waals surface area contributed by atoms with Crippen molar-refractivity contribution in [1.82, 2.24) is 5.48 Å². The number of hydrogen-bond acceptors (Lipinski definition) is 5. The van der Waals surface area contributed by atoms with E-state index in [1.807, 2.05) is 0 Å². The molecule has 0 fully saturated rings. The number of sulfone groups is 1. The van der Waals surface area contributed by atoms with Gasteiger partial charge in [0, 0.05) is 12.7 Å². The van der Waals surface area contributed by atoms with E-state index in [0.29, 0.717) is 0 Å². The number of phosphoric acid groups is 1. The Hall–Kier alpha value is -0.470. The van der Waals surface area contributed by atoms with Crippen molar-refractivity contribution in [3.05, 3.63) is 0 Å². The number of carbonyl (C=O) groups excluding carboxylic acids is 1. The fourth-order valence-corrected chi connectivity index (χ4v) is 1.55. The third-order valence-electron chi connectivity index (χ3n) is 1.20. The topological polar surface area (TPSA) is 130 Å². The maximum Gasteiger partial charge on any atom is 0.491 e. The second-order valence-corrected chi connectivity index (χ2v) is 6.26. The molecule has 8 nitrogen and oxygen atoms in total. The van der Waals surface area contributed by atoms with E-state index in [1.54, 1.807) is 0 Å². The Bertz CT molecular complexity index is 358. The Morgan fingerprint density at radius 1 is 1.47 bits per heavy atom. The lowest BCUT2D eigenvalue weighted by Crippen LogP contribution is -2.22. The Morgan fingerprint density at radius 2 is 2.00 bits per heavy atom. The van der Waals surface area contributed by atoms with E-state index < -0.39 is 23.6 Å². The van der Waals surface area contributed by atoms with Gasteiger partial charge in [-0.2, -0.15) is 4.62 Å². The number of nitrogens with one attached hydrogen (secondary N) is 1. The summed E-state index contributed by atoms with van der Waals surface area (Å²) in [6.07, 6.45) is 0.902. The predicted octanol–water partition coefficient (Wildman–Crippen LogP) is -1.05. The maximum absolute atomic E-state index is 10.8. The van der Waals surface area contributed by atoms with Gasteiger partial charge in [-0.15, -0.1) is 0 Å². The van der Waals surface area contributed by atoms with Crippen LogP contribution in [-0.4, -0.2) is 36.1 Å². The van der Waals surface area contributed by atoms with Gasteiger partial charge in [-0.1, -0.05) is 0 Å². The highest BCUT2D eigenvalue weighted by Crippen LogP contribution is 2.33. The van der Waals surface area contributed by atoms with Crippen molar-refractivity contribution in [2.45, 2.75) is 12.8 Å². The van der Waals surface area contributed by atoms with Crippen LogP contribution in [0.1, 0.15) is 12.8 Å². The average Bonchev–Trinajstić information content (AvgIpc) is 1.97. The number of hydroxylamine groups is 1. The smallest absolute Gasteiger partial charge is 0.301 e. The Kier molecular flexibility index (Phi) is 5.39. The zero-order valence-electron chi connectivity index (χ0n) is 7.91. The predicted molar refractivity (Wildman–Crippen MR) is 50.2 cm³/mol. The van der Waals surface area contributed by atoms with Gasteiger partial charge < -0.3 is 9.79 Å². The first kappa shape index (κ1) is 14.5. The van der Waals surface area contributed by atoms with Crippen LogP contribution in [0.3, 0.4) is 0 Å². The van der Waals surface area contributed by atoms with Crippen LogP contribution in [0, 0.1) is 0 Å². The highest BCUT2D eigenvalue weighted by molar-refractivity contribution is 7.90. The summed E-state index contributed by atoms with van der Waals surface area (Å²) in [5.74, 6) is -0.960. The minimum absolute atomic E-state index is 0.0647. The Balaban J connectivity index is 3.73. The fraction of sp³-hybridized carbons (Fsp3) is 0.800. The molecule has 0 unspecified atom stereocenters. The molecule has 0 saturated carbocycles. The third-order valence-corrected chi connectivity index (χ3v) is 2.56. The summed E-state index contributed by atoms with van der Waals surface area (Å²) in [5.41, 5.74) is 1.51. The summed E-state index contributed by atoms with van der Waals surface area (Å²) in [7, 11) is -7.87. The summed E-state index contributed by atoms with van der Waals surface area (Å²) < 4.78 is 35.1. The molecular formula is C5H12NO7PS. The van der Waals surface area contributed by atoms with Crippen LogP contribution in [0.25, 0.3) is 0 Å². The third kappa shape index (κ3) is 11.5. The summed E-state index contributed by atoms with van der Waals surface area (Å²) in [6.45, 7) is 0. The molecule has 15 heavy (non-hydrogen) atoms. The van der Waals surface area contributed by atoms with Crippen molar-refractivity contribution in [3.8, 4) is 0 Å². The first-order chi connectivity index (χ1) is 6.60. The minimum atomic E-state index is -4.73. The van der Waals surface area contributed by atoms with Crippen LogP contribution in [0.2, 0.25) is 0 Å². The first-order valence-electron chi connectivity index (χ1n) is 3.81. The highest BCUT2D eigenvalue weighted by Gasteiger charge is 2.16. The molecule has 1 amide bonds. The molecule has 0 aliphatic rings. The number of carbonyl (C=O) groups is 1. The molecule has 0 aliphatic carbocycles. The quantitative estimate of drug-likeness (QED) is 0.411. The second kappa shape index (κ2) is 5.57. The summed E-state index contributed by atoms with van der Waals surface area (Å²) in [5, 5.41) is 0. The SMILES string of the molecule is CS(=O)(=O)CCCC(=O)NOP(=O)(O)O. The van der Waals surface area contributed by atoms with Crippen molar-refractivity contribution in [2.24, 2.45) is 0 Å². The van der Waals surface area contributed by atoms with Gasteiger partial charge in [0.05, 0.1) is 5.75 Å². The molecule has 3 N–H and O–H groups in total. The van der Waals surface area contributed by atoms with E-state index in [9.17, 15) is 17.8 Å². The van der Waals surface area contributed by atoms with Gasteiger partial charge in [0.25, 0.3) is 0 Å². The standard InChI is InChI=1S/C5H12NO7PS/c1-15(11,12)4-2-3-5(7)6-13-14(8,9)10/h2-4H2,1H3,(H,6,7)(H2,8,9,10). The molecule has 0 aromatic rings. The molecule has 0 atom stereocenters. The summed E-state index contributed by atoms with van der Waals surface area (Å²) in [4.78, 5) is 27.2. The monoisotopic (exact) mass is 261 g/mol. The van der Waals surface area contributed by atoms with Crippen molar-refractivity contribution < 1.29 is 32.2 Å². The van der Waals surface area contributed by atoms with Crippen LogP contribution in [0.15, 0.2) is 0 Å². The van der Waals surface area contributed by atoms with Crippen LogP contribution in [-0.2, 0) is 23.8 Å². The molecule has 0 aromatic heterocycles. The van der Waals surface area contributed by atoms with E-state index in [4.69, 9.17) is 9.79 Å². The van der Waals surface area contributed by atoms with Crippen LogP contribution in [0.4, 0.5) is 0 Å². The lowest BCUT2D eigenvalue weighted by molar-refractivity contribution is -0.128. The molecule has 10 heteroatoms. The first-order valence-corrected chi connectivity index (χ1v) is 7.40. The highest BCUT2D eigenvalue weighted by atomic mass is 32.2. The van der Waals surface area contributed by atoms with Gasteiger partial charge in [-0.25, -0.2) is 18.5 Å². The molecule has 0 aliphatic heterocycles. The summed E-state index contributed by atoms with van der Waals surface area (Å²) in [6, 6.07) is 0. The van der Waals surface area contributed by atoms with Gasteiger partial charge in [0.15, 0.2) is 0 Å². The van der Waals surface area contributed by atoms with Crippen molar-refractivity contribution in [3.63, 3.8) is 0 Å². The van der Waals surface area contributed by atoms with Crippen molar-refractivity contribution >= 4 is 23.6 Å². The van der Waals surface area contributed by atoms with E-state index in [1.165, 1.54) is 5.48 Å². The lowest BCUT2D eigenvalue weighted by atomic mass is 10.3. The zero-order chi connectivity index (χ0) is 12.1. The van der Waals surface area contributed by atoms with Crippen molar-refractivity contribution in [2.75, 3.05) is 12.0 Å². The number of amides is 1. The van der Waals surface area contributed by atoms with Gasteiger partial charge in [-0.05, 0) is 6.42 Å². The van der Waals surface area contributed by atoms with Crippen LogP contribution < -0.4 is 5.48 Å².